The second-order valence-electron chi connectivity index (χ2n) is 8.64. The Morgan fingerprint density at radius 1 is 0.703 bits per heavy atom. The van der Waals surface area contributed by atoms with E-state index < -0.39 is 6.10 Å². The first-order valence-electron chi connectivity index (χ1n) is 12.0. The van der Waals surface area contributed by atoms with Crippen LogP contribution < -0.4 is 0 Å². The zero-order chi connectivity index (χ0) is 26.9. The van der Waals surface area contributed by atoms with E-state index in [0.29, 0.717) is 33.4 Å². The molecule has 1 atom stereocenters. The lowest BCUT2D eigenvalue weighted by Crippen LogP contribution is -2.21. The van der Waals surface area contributed by atoms with E-state index in [1.165, 1.54) is 0 Å². The van der Waals surface area contributed by atoms with E-state index in [1.807, 2.05) is 45.0 Å². The van der Waals surface area contributed by atoms with Gasteiger partial charge in [0.2, 0.25) is 0 Å². The summed E-state index contributed by atoms with van der Waals surface area (Å²) in [5.41, 5.74) is 5.30. The van der Waals surface area contributed by atoms with Crippen LogP contribution in [-0.4, -0.2) is 22.5 Å². The van der Waals surface area contributed by atoms with E-state index in [9.17, 15) is 19.5 Å². The van der Waals surface area contributed by atoms with Crippen molar-refractivity contribution in [3.8, 4) is 0 Å². The van der Waals surface area contributed by atoms with Crippen molar-refractivity contribution in [1.82, 2.24) is 0 Å². The van der Waals surface area contributed by atoms with Crippen LogP contribution in [0.2, 0.25) is 0 Å². The summed E-state index contributed by atoms with van der Waals surface area (Å²) >= 11 is 0. The highest BCUT2D eigenvalue weighted by atomic mass is 16.3. The van der Waals surface area contributed by atoms with Gasteiger partial charge in [-0.05, 0) is 49.6 Å². The molecule has 37 heavy (non-hydrogen) atoms. The number of aryl methyl sites for hydroxylation is 2. The van der Waals surface area contributed by atoms with Gasteiger partial charge in [0.05, 0.1) is 0 Å². The fourth-order valence-corrected chi connectivity index (χ4v) is 3.91. The number of aliphatic hydroxyl groups excluding tert-OH is 1. The average molecular weight is 491 g/mol. The van der Waals surface area contributed by atoms with Gasteiger partial charge in [-0.3, -0.25) is 14.4 Å². The predicted octanol–water partition coefficient (Wildman–Crippen LogP) is 6.87. The number of hydrogen-bond donors (Lipinski definition) is 1. The first-order chi connectivity index (χ1) is 17.8. The van der Waals surface area contributed by atoms with Crippen molar-refractivity contribution in [1.29, 1.82) is 0 Å². The van der Waals surface area contributed by atoms with Crippen molar-refractivity contribution in [3.63, 3.8) is 0 Å². The third-order valence-corrected chi connectivity index (χ3v) is 5.96. The maximum Gasteiger partial charge on any atom is 0.195 e. The largest absolute Gasteiger partial charge is 0.380 e. The highest BCUT2D eigenvalue weighted by Gasteiger charge is 2.29. The maximum atomic E-state index is 12.4. The lowest BCUT2D eigenvalue weighted by molar-refractivity contribution is 0.0747. The summed E-state index contributed by atoms with van der Waals surface area (Å²) < 4.78 is 0. The molecule has 4 nitrogen and oxygen atoms in total. The lowest BCUT2D eigenvalue weighted by Gasteiger charge is -2.18. The molecule has 0 aliphatic heterocycles. The molecule has 1 aliphatic rings. The third-order valence-electron chi connectivity index (χ3n) is 5.96. The Hall–Kier alpha value is -4.41. The van der Waals surface area contributed by atoms with Crippen molar-refractivity contribution < 1.29 is 19.5 Å². The molecule has 0 heterocycles. The van der Waals surface area contributed by atoms with Gasteiger partial charge in [0.25, 0.3) is 0 Å². The monoisotopic (exact) mass is 490 g/mol. The van der Waals surface area contributed by atoms with Gasteiger partial charge >= 0.3 is 0 Å². The minimum Gasteiger partial charge on any atom is -0.380 e. The first kappa shape index (κ1) is 27.2. The van der Waals surface area contributed by atoms with Crippen LogP contribution in [0.25, 0.3) is 0 Å². The van der Waals surface area contributed by atoms with Crippen LogP contribution in [0.15, 0.2) is 110 Å². The molecule has 1 N–H and O–H groups in total. The number of rotatable bonds is 3. The number of hydrogen-bond acceptors (Lipinski definition) is 4. The van der Waals surface area contributed by atoms with E-state index >= 15 is 0 Å². The first-order valence-corrected chi connectivity index (χ1v) is 12.0. The smallest absolute Gasteiger partial charge is 0.195 e. The van der Waals surface area contributed by atoms with Gasteiger partial charge in [0, 0.05) is 27.8 Å². The van der Waals surface area contributed by atoms with E-state index in [2.05, 4.69) is 6.58 Å². The molecule has 0 saturated heterocycles. The standard InChI is InChI=1S/C16H12O2.C14H12O2.C3H6/c1-9-7-13-14(8-10(9)2)16(18)12-6-4-3-5-11(12)15(13)17;15-13(11-7-3-1-4-8-11)14(16)12-9-5-2-6-10-12;1-3-2/h3-8H,1-2H3;1-10,13,15H;3H,1H2,2H3. The van der Waals surface area contributed by atoms with Crippen molar-refractivity contribution >= 4 is 17.3 Å². The molecule has 0 fully saturated rings. The van der Waals surface area contributed by atoms with Crippen LogP contribution in [0.1, 0.15) is 71.9 Å². The molecule has 0 amide bonds. The number of benzene rings is 4. The zero-order valence-corrected chi connectivity index (χ0v) is 21.3. The fraction of sp³-hybridized carbons (Fsp3) is 0.121. The summed E-state index contributed by atoms with van der Waals surface area (Å²) in [6, 6.07) is 28.4. The number of carbonyl (C=O) groups is 3. The lowest BCUT2D eigenvalue weighted by atomic mass is 9.82. The van der Waals surface area contributed by atoms with Gasteiger partial charge < -0.3 is 5.11 Å². The molecule has 0 aromatic heterocycles. The van der Waals surface area contributed by atoms with E-state index in [-0.39, 0.29) is 17.3 Å². The molecule has 1 aliphatic carbocycles. The van der Waals surface area contributed by atoms with Crippen LogP contribution in [0.4, 0.5) is 0 Å². The Morgan fingerprint density at radius 3 is 1.51 bits per heavy atom. The van der Waals surface area contributed by atoms with Crippen molar-refractivity contribution in [3.05, 3.63) is 154 Å². The summed E-state index contributed by atoms with van der Waals surface area (Å²) in [5, 5.41) is 9.89. The average Bonchev–Trinajstić information content (AvgIpc) is 2.94. The van der Waals surface area contributed by atoms with Gasteiger partial charge in [-0.25, -0.2) is 0 Å². The number of aliphatic hydroxyl groups is 1. The van der Waals surface area contributed by atoms with E-state index in [4.69, 9.17) is 0 Å². The molecule has 4 heteroatoms. The summed E-state index contributed by atoms with van der Waals surface area (Å²) in [6.45, 7) is 9.15. The normalized spacial score (nSPS) is 12.0. The Balaban J connectivity index is 0.000000187. The van der Waals surface area contributed by atoms with E-state index in [1.54, 1.807) is 78.9 Å². The molecule has 186 valence electrons. The maximum absolute atomic E-state index is 12.4. The second-order valence-corrected chi connectivity index (χ2v) is 8.64. The molecule has 4 aromatic rings. The number of Topliss-reactive ketones (excluding diaryl/α,β-unsaturated/α-hetero) is 1. The van der Waals surface area contributed by atoms with Crippen LogP contribution in [-0.2, 0) is 0 Å². The third kappa shape index (κ3) is 6.24. The quantitative estimate of drug-likeness (QED) is 0.221. The molecule has 0 saturated carbocycles. The number of allylic oxidation sites excluding steroid dienone is 1. The molecule has 5 rings (SSSR count). The Labute approximate surface area is 217 Å². The summed E-state index contributed by atoms with van der Waals surface area (Å²) in [4.78, 5) is 36.6. The van der Waals surface area contributed by atoms with Crippen molar-refractivity contribution in [2.24, 2.45) is 0 Å². The summed E-state index contributed by atoms with van der Waals surface area (Å²) in [5.74, 6) is -0.376. The van der Waals surface area contributed by atoms with Crippen LogP contribution in [0.3, 0.4) is 0 Å². The fourth-order valence-electron chi connectivity index (χ4n) is 3.91. The molecule has 0 radical (unpaired) electrons. The van der Waals surface area contributed by atoms with Gasteiger partial charge in [-0.15, -0.1) is 6.58 Å². The highest BCUT2D eigenvalue weighted by molar-refractivity contribution is 6.28. The second kappa shape index (κ2) is 12.5. The van der Waals surface area contributed by atoms with Crippen LogP contribution in [0, 0.1) is 13.8 Å². The number of ketones is 3. The highest BCUT2D eigenvalue weighted by Crippen LogP contribution is 2.29. The topological polar surface area (TPSA) is 71.4 Å². The molecule has 1 unspecified atom stereocenters. The molecule has 0 bridgehead atoms. The van der Waals surface area contributed by atoms with Crippen molar-refractivity contribution in [2.75, 3.05) is 0 Å². The van der Waals surface area contributed by atoms with Gasteiger partial charge in [0.1, 0.15) is 6.10 Å². The molecule has 4 aromatic carbocycles. The summed E-state index contributed by atoms with van der Waals surface area (Å²) in [7, 11) is 0. The summed E-state index contributed by atoms with van der Waals surface area (Å²) in [6.07, 6.45) is 0.670. The van der Waals surface area contributed by atoms with Crippen molar-refractivity contribution in [2.45, 2.75) is 26.9 Å². The molecular weight excluding hydrogens is 460 g/mol. The van der Waals surface area contributed by atoms with Crippen LogP contribution in [0.5, 0.6) is 0 Å². The SMILES string of the molecule is C=CC.Cc1cc2c(cc1C)C(=O)c1ccccc1C2=O.O=C(c1ccccc1)C(O)c1ccccc1. The molecule has 0 spiro atoms. The minimum absolute atomic E-state index is 0.0525. The Morgan fingerprint density at radius 2 is 1.08 bits per heavy atom. The van der Waals surface area contributed by atoms with Crippen LogP contribution >= 0.6 is 0 Å². The number of carbonyl (C=O) groups excluding carboxylic acids is 3. The van der Waals surface area contributed by atoms with Gasteiger partial charge in [-0.2, -0.15) is 0 Å². The zero-order valence-electron chi connectivity index (χ0n) is 21.3. The minimum atomic E-state index is -1.08. The Kier molecular flexibility index (Phi) is 9.20. The van der Waals surface area contributed by atoms with Gasteiger partial charge in [0.15, 0.2) is 17.3 Å². The van der Waals surface area contributed by atoms with Gasteiger partial charge in [-0.1, -0.05) is 91.0 Å². The number of fused-ring (bicyclic) bond motifs is 2. The Bertz CT molecular complexity index is 1360. The van der Waals surface area contributed by atoms with E-state index in [0.717, 1.165) is 11.1 Å². The predicted molar refractivity (Wildman–Crippen MR) is 147 cm³/mol. The molecular formula is C33H30O4.